The van der Waals surface area contributed by atoms with Crippen molar-refractivity contribution in [3.8, 4) is 11.5 Å². The standard InChI is InChI=1S/C28H31N3O5/c1-28(2,3)16-25(33)30(17-20-7-6-14-35-20)22-15-24(32)31(27(22)34)19-12-10-18(11-13-19)26-29-21-8-4-5-9-23(21)36-26/h4-5,8-13,20,22H,6-7,14-17H2,1-3H3. The molecule has 0 aliphatic carbocycles. The van der Waals surface area contributed by atoms with Gasteiger partial charge in [-0.3, -0.25) is 14.4 Å². The fourth-order valence-corrected chi connectivity index (χ4v) is 4.85. The van der Waals surface area contributed by atoms with Crippen LogP contribution in [0.1, 0.15) is 46.5 Å². The summed E-state index contributed by atoms with van der Waals surface area (Å²) in [6.07, 6.45) is 1.92. The predicted molar refractivity (Wildman–Crippen MR) is 135 cm³/mol. The molecule has 0 bridgehead atoms. The van der Waals surface area contributed by atoms with Crippen LogP contribution >= 0.6 is 0 Å². The Balaban J connectivity index is 1.37. The minimum Gasteiger partial charge on any atom is -0.436 e. The van der Waals surface area contributed by atoms with Crippen molar-refractivity contribution < 1.29 is 23.5 Å². The van der Waals surface area contributed by atoms with Crippen molar-refractivity contribution in [2.75, 3.05) is 18.1 Å². The zero-order valence-electron chi connectivity index (χ0n) is 20.9. The number of nitrogens with zero attached hydrogens (tertiary/aromatic N) is 3. The molecule has 0 saturated carbocycles. The van der Waals surface area contributed by atoms with Gasteiger partial charge in [-0.1, -0.05) is 32.9 Å². The van der Waals surface area contributed by atoms with Crippen LogP contribution in [0.5, 0.6) is 0 Å². The molecule has 0 N–H and O–H groups in total. The minimum absolute atomic E-state index is 0.0334. The summed E-state index contributed by atoms with van der Waals surface area (Å²) >= 11 is 0. The quantitative estimate of drug-likeness (QED) is 0.471. The minimum atomic E-state index is -0.826. The van der Waals surface area contributed by atoms with Crippen molar-refractivity contribution >= 4 is 34.5 Å². The zero-order chi connectivity index (χ0) is 25.4. The molecule has 3 amide bonds. The topological polar surface area (TPSA) is 92.9 Å². The molecule has 3 heterocycles. The van der Waals surface area contributed by atoms with Gasteiger partial charge in [0.05, 0.1) is 18.2 Å². The third kappa shape index (κ3) is 4.91. The number of anilines is 1. The molecule has 8 nitrogen and oxygen atoms in total. The number of para-hydroxylation sites is 2. The first-order chi connectivity index (χ1) is 17.2. The van der Waals surface area contributed by atoms with Gasteiger partial charge in [0, 0.05) is 25.1 Å². The Bertz CT molecular complexity index is 1250. The Labute approximate surface area is 210 Å². The number of ether oxygens (including phenoxy) is 1. The Morgan fingerprint density at radius 1 is 1.11 bits per heavy atom. The zero-order valence-corrected chi connectivity index (χ0v) is 20.9. The number of oxazole rings is 1. The SMILES string of the molecule is CC(C)(C)CC(=O)N(CC1CCCO1)C1CC(=O)N(c2ccc(-c3nc4ccccc4o3)cc2)C1=O. The number of rotatable bonds is 6. The largest absolute Gasteiger partial charge is 0.436 e. The van der Waals surface area contributed by atoms with E-state index in [4.69, 9.17) is 9.15 Å². The Morgan fingerprint density at radius 3 is 2.53 bits per heavy atom. The van der Waals surface area contributed by atoms with Gasteiger partial charge in [-0.15, -0.1) is 0 Å². The van der Waals surface area contributed by atoms with Gasteiger partial charge in [0.2, 0.25) is 17.7 Å². The van der Waals surface area contributed by atoms with Crippen LogP contribution in [-0.4, -0.2) is 52.9 Å². The van der Waals surface area contributed by atoms with E-state index < -0.39 is 6.04 Å². The van der Waals surface area contributed by atoms with Crippen molar-refractivity contribution in [2.24, 2.45) is 5.41 Å². The van der Waals surface area contributed by atoms with Crippen LogP contribution in [-0.2, 0) is 19.1 Å². The summed E-state index contributed by atoms with van der Waals surface area (Å²) in [6, 6.07) is 13.7. The van der Waals surface area contributed by atoms with Crippen molar-refractivity contribution in [3.63, 3.8) is 0 Å². The average Bonchev–Trinajstić information content (AvgIpc) is 3.55. The highest BCUT2D eigenvalue weighted by molar-refractivity contribution is 6.23. The maximum absolute atomic E-state index is 13.5. The number of fused-ring (bicyclic) bond motifs is 1. The van der Waals surface area contributed by atoms with Gasteiger partial charge in [0.25, 0.3) is 5.91 Å². The summed E-state index contributed by atoms with van der Waals surface area (Å²) in [4.78, 5) is 47.1. The first-order valence-corrected chi connectivity index (χ1v) is 12.4. The highest BCUT2D eigenvalue weighted by Crippen LogP contribution is 2.31. The van der Waals surface area contributed by atoms with E-state index in [1.165, 1.54) is 4.90 Å². The molecule has 2 aliphatic rings. The maximum Gasteiger partial charge on any atom is 0.257 e. The lowest BCUT2D eigenvalue weighted by molar-refractivity contribution is -0.141. The van der Waals surface area contributed by atoms with Gasteiger partial charge in [0.1, 0.15) is 11.6 Å². The van der Waals surface area contributed by atoms with E-state index in [-0.39, 0.29) is 42.1 Å². The molecular weight excluding hydrogens is 458 g/mol. The summed E-state index contributed by atoms with van der Waals surface area (Å²) in [7, 11) is 0. The van der Waals surface area contributed by atoms with Crippen molar-refractivity contribution in [2.45, 2.75) is 58.6 Å². The summed E-state index contributed by atoms with van der Waals surface area (Å²) in [6.45, 7) is 6.94. The van der Waals surface area contributed by atoms with Crippen LogP contribution in [0.15, 0.2) is 52.9 Å². The number of carbonyl (C=O) groups is 3. The first kappa shape index (κ1) is 24.2. The van der Waals surface area contributed by atoms with E-state index in [0.29, 0.717) is 30.3 Å². The summed E-state index contributed by atoms with van der Waals surface area (Å²) < 4.78 is 11.6. The third-order valence-electron chi connectivity index (χ3n) is 6.59. The number of carbonyl (C=O) groups excluding carboxylic acids is 3. The molecule has 2 atom stereocenters. The number of hydrogen-bond donors (Lipinski definition) is 0. The second-order valence-corrected chi connectivity index (χ2v) is 10.7. The maximum atomic E-state index is 13.5. The van der Waals surface area contributed by atoms with E-state index in [2.05, 4.69) is 4.98 Å². The van der Waals surface area contributed by atoms with Crippen molar-refractivity contribution in [1.29, 1.82) is 0 Å². The highest BCUT2D eigenvalue weighted by atomic mass is 16.5. The molecule has 0 radical (unpaired) electrons. The van der Waals surface area contributed by atoms with Crippen molar-refractivity contribution in [3.05, 3.63) is 48.5 Å². The van der Waals surface area contributed by atoms with Crippen molar-refractivity contribution in [1.82, 2.24) is 9.88 Å². The number of amides is 3. The molecule has 36 heavy (non-hydrogen) atoms. The average molecular weight is 490 g/mol. The van der Waals surface area contributed by atoms with E-state index in [9.17, 15) is 14.4 Å². The predicted octanol–water partition coefficient (Wildman–Crippen LogP) is 4.57. The molecule has 2 saturated heterocycles. The van der Waals surface area contributed by atoms with E-state index in [0.717, 1.165) is 23.9 Å². The number of imide groups is 1. The smallest absolute Gasteiger partial charge is 0.257 e. The van der Waals surface area contributed by atoms with Crippen LogP contribution < -0.4 is 4.90 Å². The fourth-order valence-electron chi connectivity index (χ4n) is 4.85. The highest BCUT2D eigenvalue weighted by Gasteiger charge is 2.45. The van der Waals surface area contributed by atoms with Gasteiger partial charge >= 0.3 is 0 Å². The molecule has 2 fully saturated rings. The molecule has 188 valence electrons. The Morgan fingerprint density at radius 2 is 1.86 bits per heavy atom. The lowest BCUT2D eigenvalue weighted by Gasteiger charge is -2.32. The summed E-state index contributed by atoms with van der Waals surface area (Å²) in [5, 5.41) is 0. The molecule has 1 aromatic heterocycles. The van der Waals surface area contributed by atoms with Crippen LogP contribution in [0, 0.1) is 5.41 Å². The van der Waals surface area contributed by atoms with E-state index in [1.807, 2.05) is 45.0 Å². The number of hydrogen-bond acceptors (Lipinski definition) is 6. The molecular formula is C28H31N3O5. The molecule has 2 aromatic carbocycles. The lowest BCUT2D eigenvalue weighted by atomic mass is 9.91. The van der Waals surface area contributed by atoms with Crippen LogP contribution in [0.2, 0.25) is 0 Å². The number of benzene rings is 2. The Kier molecular flexibility index (Phi) is 6.38. The second kappa shape index (κ2) is 9.50. The molecule has 0 spiro atoms. The van der Waals surface area contributed by atoms with Gasteiger partial charge in [-0.05, 0) is 54.7 Å². The second-order valence-electron chi connectivity index (χ2n) is 10.7. The Hall–Kier alpha value is -3.52. The number of aromatic nitrogens is 1. The van der Waals surface area contributed by atoms with Gasteiger partial charge < -0.3 is 14.1 Å². The monoisotopic (exact) mass is 489 g/mol. The van der Waals surface area contributed by atoms with Crippen LogP contribution in [0.25, 0.3) is 22.6 Å². The van der Waals surface area contributed by atoms with Gasteiger partial charge in [0.15, 0.2) is 5.58 Å². The summed E-state index contributed by atoms with van der Waals surface area (Å²) in [5.74, 6) is -0.358. The van der Waals surface area contributed by atoms with Crippen LogP contribution in [0.3, 0.4) is 0 Å². The third-order valence-corrected chi connectivity index (χ3v) is 6.59. The van der Waals surface area contributed by atoms with Crippen LogP contribution in [0.4, 0.5) is 5.69 Å². The van der Waals surface area contributed by atoms with Gasteiger partial charge in [-0.25, -0.2) is 9.88 Å². The first-order valence-electron chi connectivity index (χ1n) is 12.4. The molecule has 2 aliphatic heterocycles. The van der Waals surface area contributed by atoms with Gasteiger partial charge in [-0.2, -0.15) is 0 Å². The summed E-state index contributed by atoms with van der Waals surface area (Å²) in [5.41, 5.74) is 2.42. The lowest BCUT2D eigenvalue weighted by Crippen LogP contribution is -2.49. The van der Waals surface area contributed by atoms with E-state index >= 15 is 0 Å². The molecule has 5 rings (SSSR count). The molecule has 3 aromatic rings. The molecule has 8 heteroatoms. The normalized spacial score (nSPS) is 20.5. The molecule has 2 unspecified atom stereocenters. The van der Waals surface area contributed by atoms with E-state index in [1.54, 1.807) is 29.2 Å². The fraction of sp³-hybridized carbons (Fsp3) is 0.429.